The summed E-state index contributed by atoms with van der Waals surface area (Å²) >= 11 is 6.10. The van der Waals surface area contributed by atoms with Crippen LogP contribution in [0.1, 0.15) is 28.8 Å². The molecule has 0 saturated carbocycles. The molecule has 0 aliphatic carbocycles. The van der Waals surface area contributed by atoms with Gasteiger partial charge in [-0.2, -0.15) is 5.26 Å². The third-order valence-corrected chi connectivity index (χ3v) is 4.87. The number of piperidine rings is 1. The van der Waals surface area contributed by atoms with Crippen LogP contribution in [0.15, 0.2) is 48.5 Å². The normalized spacial score (nSPS) is 14.5. The van der Waals surface area contributed by atoms with Crippen molar-refractivity contribution in [3.8, 4) is 6.07 Å². The molecule has 0 bridgehead atoms. The minimum Gasteiger partial charge on any atom is -0.339 e. The quantitative estimate of drug-likeness (QED) is 0.898. The minimum atomic E-state index is -0.138. The van der Waals surface area contributed by atoms with Gasteiger partial charge >= 0.3 is 0 Å². The SMILES string of the molecule is N#Cc1ccc(NC(=O)C2CCN(C(=O)c3ccccc3Cl)CC2)cc1. The van der Waals surface area contributed by atoms with Crippen LogP contribution in [-0.2, 0) is 4.79 Å². The van der Waals surface area contributed by atoms with E-state index in [2.05, 4.69) is 5.32 Å². The van der Waals surface area contributed by atoms with E-state index in [1.807, 2.05) is 6.07 Å². The Morgan fingerprint density at radius 3 is 2.35 bits per heavy atom. The molecule has 6 heteroatoms. The topological polar surface area (TPSA) is 73.2 Å². The van der Waals surface area contributed by atoms with Crippen molar-refractivity contribution in [2.75, 3.05) is 18.4 Å². The van der Waals surface area contributed by atoms with Crippen LogP contribution in [0.2, 0.25) is 5.02 Å². The summed E-state index contributed by atoms with van der Waals surface area (Å²) in [4.78, 5) is 26.7. The van der Waals surface area contributed by atoms with Crippen LogP contribution in [-0.4, -0.2) is 29.8 Å². The predicted octanol–water partition coefficient (Wildman–Crippen LogP) is 3.70. The van der Waals surface area contributed by atoms with Crippen LogP contribution in [0.25, 0.3) is 0 Å². The highest BCUT2D eigenvalue weighted by Crippen LogP contribution is 2.23. The maximum absolute atomic E-state index is 12.6. The second-order valence-electron chi connectivity index (χ2n) is 6.22. The highest BCUT2D eigenvalue weighted by Gasteiger charge is 2.28. The average molecular weight is 368 g/mol. The number of anilines is 1. The van der Waals surface area contributed by atoms with Crippen molar-refractivity contribution in [1.29, 1.82) is 5.26 Å². The van der Waals surface area contributed by atoms with E-state index >= 15 is 0 Å². The lowest BCUT2D eigenvalue weighted by Gasteiger charge is -2.31. The average Bonchev–Trinajstić information content (AvgIpc) is 2.68. The van der Waals surface area contributed by atoms with E-state index in [0.717, 1.165) is 0 Å². The lowest BCUT2D eigenvalue weighted by Crippen LogP contribution is -2.41. The number of halogens is 1. The summed E-state index contributed by atoms with van der Waals surface area (Å²) in [5.41, 5.74) is 1.72. The molecule has 1 fully saturated rings. The number of carbonyl (C=O) groups is 2. The monoisotopic (exact) mass is 367 g/mol. The molecular weight excluding hydrogens is 350 g/mol. The smallest absolute Gasteiger partial charge is 0.255 e. The Hall–Kier alpha value is -2.84. The van der Waals surface area contributed by atoms with Crippen molar-refractivity contribution in [2.45, 2.75) is 12.8 Å². The van der Waals surface area contributed by atoms with Gasteiger partial charge in [0.1, 0.15) is 0 Å². The van der Waals surface area contributed by atoms with Crippen molar-refractivity contribution in [3.05, 3.63) is 64.7 Å². The Balaban J connectivity index is 1.56. The molecule has 5 nitrogen and oxygen atoms in total. The number of hydrogen-bond donors (Lipinski definition) is 1. The molecule has 1 N–H and O–H groups in total. The van der Waals surface area contributed by atoms with Crippen LogP contribution >= 0.6 is 11.6 Å². The first kappa shape index (κ1) is 18.0. The first-order chi connectivity index (χ1) is 12.6. The standard InChI is InChI=1S/C20H18ClN3O2/c21-18-4-2-1-3-17(18)20(26)24-11-9-15(10-12-24)19(25)23-16-7-5-14(13-22)6-8-16/h1-8,15H,9-12H2,(H,23,25). The molecule has 0 spiro atoms. The van der Waals surface area contributed by atoms with Gasteiger partial charge in [0.25, 0.3) is 5.91 Å². The number of nitriles is 1. The fourth-order valence-electron chi connectivity index (χ4n) is 3.02. The van der Waals surface area contributed by atoms with Gasteiger partial charge in [0.2, 0.25) is 5.91 Å². The number of nitrogens with zero attached hydrogens (tertiary/aromatic N) is 2. The Kier molecular flexibility index (Phi) is 5.55. The number of carbonyl (C=O) groups excluding carboxylic acids is 2. The van der Waals surface area contributed by atoms with Crippen molar-refractivity contribution in [1.82, 2.24) is 4.90 Å². The molecule has 0 aromatic heterocycles. The molecule has 2 amide bonds. The summed E-state index contributed by atoms with van der Waals surface area (Å²) in [5.74, 6) is -0.290. The van der Waals surface area contributed by atoms with Crippen molar-refractivity contribution in [2.24, 2.45) is 5.92 Å². The summed E-state index contributed by atoms with van der Waals surface area (Å²) in [6, 6.07) is 15.8. The Morgan fingerprint density at radius 2 is 1.73 bits per heavy atom. The van der Waals surface area contributed by atoms with Gasteiger partial charge < -0.3 is 10.2 Å². The summed E-state index contributed by atoms with van der Waals surface area (Å²) in [6.45, 7) is 1.05. The molecule has 2 aromatic carbocycles. The molecule has 1 saturated heterocycles. The van der Waals surface area contributed by atoms with Gasteiger partial charge in [-0.05, 0) is 49.2 Å². The van der Waals surface area contributed by atoms with E-state index in [1.54, 1.807) is 53.4 Å². The fraction of sp³-hybridized carbons (Fsp3) is 0.250. The van der Waals surface area contributed by atoms with Gasteiger partial charge in [-0.3, -0.25) is 9.59 Å². The van der Waals surface area contributed by atoms with Crippen LogP contribution in [0, 0.1) is 17.2 Å². The van der Waals surface area contributed by atoms with E-state index < -0.39 is 0 Å². The fourth-order valence-corrected chi connectivity index (χ4v) is 3.24. The summed E-state index contributed by atoms with van der Waals surface area (Å²) < 4.78 is 0. The maximum atomic E-state index is 12.6. The van der Waals surface area contributed by atoms with Crippen molar-refractivity contribution >= 4 is 29.1 Å². The predicted molar refractivity (Wildman–Crippen MR) is 99.9 cm³/mol. The second-order valence-corrected chi connectivity index (χ2v) is 6.63. The van der Waals surface area contributed by atoms with Crippen LogP contribution in [0.5, 0.6) is 0 Å². The van der Waals surface area contributed by atoms with Gasteiger partial charge in [0.15, 0.2) is 0 Å². The van der Waals surface area contributed by atoms with E-state index in [9.17, 15) is 9.59 Å². The second kappa shape index (κ2) is 8.03. The zero-order valence-electron chi connectivity index (χ0n) is 14.1. The van der Waals surface area contributed by atoms with E-state index in [-0.39, 0.29) is 17.7 Å². The van der Waals surface area contributed by atoms with Gasteiger partial charge in [-0.15, -0.1) is 0 Å². The van der Waals surface area contributed by atoms with Crippen LogP contribution in [0.4, 0.5) is 5.69 Å². The Morgan fingerprint density at radius 1 is 1.08 bits per heavy atom. The van der Waals surface area contributed by atoms with Gasteiger partial charge in [0, 0.05) is 24.7 Å². The molecule has 1 heterocycles. The zero-order valence-corrected chi connectivity index (χ0v) is 14.9. The minimum absolute atomic E-state index is 0.0560. The van der Waals surface area contributed by atoms with Gasteiger partial charge in [-0.1, -0.05) is 23.7 Å². The lowest BCUT2D eigenvalue weighted by atomic mass is 9.95. The lowest BCUT2D eigenvalue weighted by molar-refractivity contribution is -0.121. The first-order valence-corrected chi connectivity index (χ1v) is 8.81. The van der Waals surface area contributed by atoms with Crippen LogP contribution in [0.3, 0.4) is 0 Å². The zero-order chi connectivity index (χ0) is 18.5. The molecule has 2 aromatic rings. The van der Waals surface area contributed by atoms with E-state index in [0.29, 0.717) is 47.8 Å². The number of nitrogens with one attached hydrogen (secondary N) is 1. The maximum Gasteiger partial charge on any atom is 0.255 e. The third kappa shape index (κ3) is 4.04. The number of amides is 2. The molecule has 1 aliphatic heterocycles. The van der Waals surface area contributed by atoms with E-state index in [4.69, 9.17) is 16.9 Å². The van der Waals surface area contributed by atoms with Crippen molar-refractivity contribution < 1.29 is 9.59 Å². The first-order valence-electron chi connectivity index (χ1n) is 8.43. The molecule has 26 heavy (non-hydrogen) atoms. The molecule has 0 atom stereocenters. The molecule has 3 rings (SSSR count). The van der Waals surface area contributed by atoms with E-state index in [1.165, 1.54) is 0 Å². The summed E-state index contributed by atoms with van der Waals surface area (Å²) in [6.07, 6.45) is 1.22. The molecule has 1 aliphatic rings. The Labute approximate surface area is 157 Å². The van der Waals surface area contributed by atoms with Crippen molar-refractivity contribution in [3.63, 3.8) is 0 Å². The highest BCUT2D eigenvalue weighted by atomic mass is 35.5. The summed E-state index contributed by atoms with van der Waals surface area (Å²) in [7, 11) is 0. The number of rotatable bonds is 3. The highest BCUT2D eigenvalue weighted by molar-refractivity contribution is 6.33. The Bertz CT molecular complexity index is 850. The van der Waals surface area contributed by atoms with Gasteiger partial charge in [-0.25, -0.2) is 0 Å². The number of likely N-dealkylation sites (tertiary alicyclic amines) is 1. The third-order valence-electron chi connectivity index (χ3n) is 4.54. The van der Waals surface area contributed by atoms with Crippen LogP contribution < -0.4 is 5.32 Å². The molecule has 0 radical (unpaired) electrons. The molecular formula is C20H18ClN3O2. The molecule has 132 valence electrons. The number of benzene rings is 2. The summed E-state index contributed by atoms with van der Waals surface area (Å²) in [5, 5.41) is 12.1. The largest absolute Gasteiger partial charge is 0.339 e. The number of hydrogen-bond acceptors (Lipinski definition) is 3. The van der Waals surface area contributed by atoms with Gasteiger partial charge in [0.05, 0.1) is 22.2 Å². The molecule has 0 unspecified atom stereocenters.